The Labute approximate surface area is 224 Å². The predicted octanol–water partition coefficient (Wildman–Crippen LogP) is -2.74. The number of aliphatic hydroxyl groups excluding tert-OH is 2. The summed E-state index contributed by atoms with van der Waals surface area (Å²) < 4.78 is 38.6. The Balaban J connectivity index is 2.51. The summed E-state index contributed by atoms with van der Waals surface area (Å²) in [5, 5.41) is 26.1. The normalized spacial score (nSPS) is 34.4. The monoisotopic (exact) mass is 564 g/mol. The van der Waals surface area contributed by atoms with Gasteiger partial charge in [-0.2, -0.15) is 0 Å². The summed E-state index contributed by atoms with van der Waals surface area (Å²) in [6.45, 7) is 4.57. The third-order valence-electron chi connectivity index (χ3n) is 5.82. The van der Waals surface area contributed by atoms with Gasteiger partial charge in [-0.1, -0.05) is 0 Å². The van der Waals surface area contributed by atoms with Crippen LogP contribution in [0.25, 0.3) is 0 Å². The molecule has 0 saturated carbocycles. The molecule has 2 heterocycles. The van der Waals surface area contributed by atoms with Crippen LogP contribution < -0.4 is 10.6 Å². The zero-order chi connectivity index (χ0) is 29.4. The van der Waals surface area contributed by atoms with Crippen molar-refractivity contribution >= 4 is 29.7 Å². The van der Waals surface area contributed by atoms with Crippen molar-refractivity contribution in [2.24, 2.45) is 0 Å². The lowest BCUT2D eigenvalue weighted by Crippen LogP contribution is -2.70. The molecule has 2 aliphatic heterocycles. The van der Waals surface area contributed by atoms with Gasteiger partial charge >= 0.3 is 17.9 Å². The molecule has 0 radical (unpaired) electrons. The highest BCUT2D eigenvalue weighted by Crippen LogP contribution is 2.32. The third kappa shape index (κ3) is 8.81. The fourth-order valence-corrected chi connectivity index (χ4v) is 4.39. The van der Waals surface area contributed by atoms with Crippen molar-refractivity contribution in [1.82, 2.24) is 10.6 Å². The van der Waals surface area contributed by atoms with Crippen molar-refractivity contribution < 1.29 is 67.3 Å². The summed E-state index contributed by atoms with van der Waals surface area (Å²) in [5.74, 6) is -3.40. The molecule has 0 aromatic heterocycles. The van der Waals surface area contributed by atoms with Crippen LogP contribution in [0.15, 0.2) is 0 Å². The van der Waals surface area contributed by atoms with Crippen LogP contribution in [0, 0.1) is 0 Å². The lowest BCUT2D eigenvalue weighted by molar-refractivity contribution is -0.331. The first kappa shape index (κ1) is 32.3. The second-order valence-electron chi connectivity index (χ2n) is 9.00. The average Bonchev–Trinajstić information content (AvgIpc) is 2.82. The third-order valence-corrected chi connectivity index (χ3v) is 5.82. The number of hydrogen-bond acceptors (Lipinski definition) is 14. The van der Waals surface area contributed by atoms with Gasteiger partial charge in [0.2, 0.25) is 11.8 Å². The Hall–Kier alpha value is -2.89. The maximum absolute atomic E-state index is 12.1. The molecule has 4 N–H and O–H groups in total. The van der Waals surface area contributed by atoms with Crippen molar-refractivity contribution in [3.05, 3.63) is 0 Å². The molecule has 0 aromatic carbocycles. The zero-order valence-electron chi connectivity index (χ0n) is 22.5. The highest BCUT2D eigenvalue weighted by atomic mass is 16.7. The first-order valence-corrected chi connectivity index (χ1v) is 12.1. The maximum atomic E-state index is 12.1. The molecule has 39 heavy (non-hydrogen) atoms. The quantitative estimate of drug-likeness (QED) is 0.156. The highest BCUT2D eigenvalue weighted by Gasteiger charge is 2.54. The van der Waals surface area contributed by atoms with Gasteiger partial charge in [-0.25, -0.2) is 0 Å². The van der Waals surface area contributed by atoms with E-state index in [0.717, 1.165) is 20.8 Å². The number of esters is 3. The molecule has 2 amide bonds. The van der Waals surface area contributed by atoms with Crippen LogP contribution in [0.1, 0.15) is 34.6 Å². The van der Waals surface area contributed by atoms with Gasteiger partial charge in [0.15, 0.2) is 24.8 Å². The fraction of sp³-hybridized carbons (Fsp3) is 0.783. The van der Waals surface area contributed by atoms with Gasteiger partial charge < -0.3 is 54.0 Å². The van der Waals surface area contributed by atoms with E-state index in [1.165, 1.54) is 21.0 Å². The molecule has 0 bridgehead atoms. The lowest BCUT2D eigenvalue weighted by Gasteiger charge is -2.48. The van der Waals surface area contributed by atoms with Crippen LogP contribution in [-0.2, 0) is 57.1 Å². The van der Waals surface area contributed by atoms with Gasteiger partial charge in [0.1, 0.15) is 43.1 Å². The van der Waals surface area contributed by atoms with Gasteiger partial charge in [-0.15, -0.1) is 0 Å². The van der Waals surface area contributed by atoms with Crippen LogP contribution >= 0.6 is 0 Å². The molecule has 2 aliphatic rings. The summed E-state index contributed by atoms with van der Waals surface area (Å²) in [5.41, 5.74) is 0. The molecule has 0 aliphatic carbocycles. The number of nitrogens with one attached hydrogen (secondary N) is 2. The minimum absolute atomic E-state index is 0.467. The Bertz CT molecular complexity index is 900. The molecular weight excluding hydrogens is 528 g/mol. The number of amides is 2. The molecule has 0 spiro atoms. The summed E-state index contributed by atoms with van der Waals surface area (Å²) in [4.78, 5) is 59.3. The Morgan fingerprint density at radius 1 is 0.744 bits per heavy atom. The molecule has 10 atom stereocenters. The minimum atomic E-state index is -1.54. The predicted molar refractivity (Wildman–Crippen MR) is 125 cm³/mol. The Kier molecular flexibility index (Phi) is 12.0. The molecule has 2 saturated heterocycles. The molecule has 0 aromatic rings. The second kappa shape index (κ2) is 14.5. The number of ether oxygens (including phenoxy) is 7. The van der Waals surface area contributed by atoms with Crippen molar-refractivity contribution in [2.75, 3.05) is 20.3 Å². The van der Waals surface area contributed by atoms with E-state index < -0.39 is 104 Å². The number of carbonyl (C=O) groups excluding carboxylic acids is 5. The molecular formula is C23H36N2O14. The molecule has 10 unspecified atom stereocenters. The first-order valence-electron chi connectivity index (χ1n) is 12.1. The number of aliphatic hydroxyl groups is 2. The van der Waals surface area contributed by atoms with E-state index in [4.69, 9.17) is 33.2 Å². The van der Waals surface area contributed by atoms with Crippen molar-refractivity contribution in [3.63, 3.8) is 0 Å². The van der Waals surface area contributed by atoms with Gasteiger partial charge in [0.05, 0.1) is 6.61 Å². The van der Waals surface area contributed by atoms with E-state index >= 15 is 0 Å². The maximum Gasteiger partial charge on any atom is 0.303 e. The summed E-state index contributed by atoms with van der Waals surface area (Å²) >= 11 is 0. The Morgan fingerprint density at radius 3 is 1.77 bits per heavy atom. The molecule has 222 valence electrons. The van der Waals surface area contributed by atoms with E-state index in [1.807, 2.05) is 0 Å². The van der Waals surface area contributed by atoms with Crippen molar-refractivity contribution in [1.29, 1.82) is 0 Å². The molecule has 2 fully saturated rings. The van der Waals surface area contributed by atoms with Crippen LogP contribution in [0.2, 0.25) is 0 Å². The summed E-state index contributed by atoms with van der Waals surface area (Å²) in [6, 6.07) is -2.46. The summed E-state index contributed by atoms with van der Waals surface area (Å²) in [7, 11) is 1.28. The average molecular weight is 565 g/mol. The highest BCUT2D eigenvalue weighted by molar-refractivity contribution is 5.74. The zero-order valence-corrected chi connectivity index (χ0v) is 22.5. The van der Waals surface area contributed by atoms with E-state index in [9.17, 15) is 34.2 Å². The van der Waals surface area contributed by atoms with Crippen molar-refractivity contribution in [2.45, 2.75) is 95.9 Å². The molecule has 2 rings (SSSR count). The Morgan fingerprint density at radius 2 is 1.28 bits per heavy atom. The number of hydrogen-bond donors (Lipinski definition) is 4. The van der Waals surface area contributed by atoms with E-state index in [2.05, 4.69) is 10.6 Å². The van der Waals surface area contributed by atoms with Crippen molar-refractivity contribution in [3.8, 4) is 0 Å². The topological polar surface area (TPSA) is 214 Å². The van der Waals surface area contributed by atoms with Gasteiger partial charge in [-0.05, 0) is 0 Å². The largest absolute Gasteiger partial charge is 0.463 e. The smallest absolute Gasteiger partial charge is 0.303 e. The van der Waals surface area contributed by atoms with Gasteiger partial charge in [0, 0.05) is 41.7 Å². The summed E-state index contributed by atoms with van der Waals surface area (Å²) in [6.07, 6.45) is -10.8. The molecule has 16 heteroatoms. The second-order valence-corrected chi connectivity index (χ2v) is 9.00. The first-order chi connectivity index (χ1) is 18.3. The number of rotatable bonds is 10. The molecule has 16 nitrogen and oxygen atoms in total. The SMILES string of the molecule is COC1OC(CO)C(OC2OC(COC(C)=O)C(OC(C)=O)C(OC(C)=O)C2NC(C)=O)C(O)C1NC(C)=O. The van der Waals surface area contributed by atoms with Crippen LogP contribution in [0.3, 0.4) is 0 Å². The minimum Gasteiger partial charge on any atom is -0.463 e. The lowest BCUT2D eigenvalue weighted by atomic mass is 9.94. The van der Waals surface area contributed by atoms with Crippen LogP contribution in [0.4, 0.5) is 0 Å². The standard InChI is InChI=1S/C23H36N2O14/c1-9(27)24-16-18(32)19(14(7-26)37-22(16)33-6)39-23-17(25-10(2)28)21(36-13(5)31)20(35-12(4)30)15(38-23)8-34-11(3)29/h14-23,26,32H,7-8H2,1-6H3,(H,24,27)(H,25,28). The number of methoxy groups -OCH3 is 1. The van der Waals surface area contributed by atoms with E-state index in [0.29, 0.717) is 0 Å². The number of carbonyl (C=O) groups is 5. The fourth-order valence-electron chi connectivity index (χ4n) is 4.39. The van der Waals surface area contributed by atoms with E-state index in [1.54, 1.807) is 0 Å². The van der Waals surface area contributed by atoms with E-state index in [-0.39, 0.29) is 0 Å². The van der Waals surface area contributed by atoms with Gasteiger partial charge in [0.25, 0.3) is 0 Å². The van der Waals surface area contributed by atoms with Gasteiger partial charge in [-0.3, -0.25) is 24.0 Å². The van der Waals surface area contributed by atoms with Crippen LogP contribution in [-0.4, -0.2) is 122 Å². The van der Waals surface area contributed by atoms with Crippen LogP contribution in [0.5, 0.6) is 0 Å².